The fourth-order valence-corrected chi connectivity index (χ4v) is 12.3. The summed E-state index contributed by atoms with van der Waals surface area (Å²) in [6.07, 6.45) is 1.93. The monoisotopic (exact) mass is 1190 g/mol. The van der Waals surface area contributed by atoms with Crippen LogP contribution in [0, 0.1) is 25.7 Å². The molecule has 78 heavy (non-hydrogen) atoms. The Kier molecular flexibility index (Phi) is 9.44. The molecule has 0 aliphatic carbocycles. The van der Waals surface area contributed by atoms with Crippen LogP contribution < -0.4 is 14.5 Å². The summed E-state index contributed by atoms with van der Waals surface area (Å²) in [4.78, 5) is 9.65. The second-order valence-electron chi connectivity index (χ2n) is 19.9. The van der Waals surface area contributed by atoms with Crippen molar-refractivity contribution in [3.63, 3.8) is 0 Å². The molecular weight excluding hydrogens is 1140 g/mol. The van der Waals surface area contributed by atoms with Gasteiger partial charge in [0.2, 0.25) is 0 Å². The van der Waals surface area contributed by atoms with Crippen LogP contribution in [0.3, 0.4) is 0 Å². The van der Waals surface area contributed by atoms with E-state index in [4.69, 9.17) is 15.2 Å². The molecule has 0 saturated carbocycles. The fraction of sp³-hybridized carbons (Fsp3) is 0.0435. The first kappa shape index (κ1) is 41.8. The Morgan fingerprint density at radius 3 is 1.86 bits per heavy atom. The van der Waals surface area contributed by atoms with Crippen molar-refractivity contribution >= 4 is 110 Å². The van der Waals surface area contributed by atoms with E-state index in [-0.39, 0.29) is 45.2 Å². The summed E-state index contributed by atoms with van der Waals surface area (Å²) in [5.41, 5.74) is 15.3. The normalized spacial score (nSPS) is 13.3. The maximum Gasteiger partial charge on any atom is 0.135 e. The number of rotatable bonds is 7. The SMILES string of the molecule is [2H]c1c([2H])c([2H])c2c(c1[2H])c1ccccc1n2-c1ccc2c(c1)c1ccc(Oc3[c-]c(N4[CH-]N(c5c6c(cc7c8ccccc8n(C)c57)c5ccccc5n6C)c5ccccc54)ccc3)[c-]c1n2-c1cc(C)c(-c2ccccc2)cn1.[Pt]. The minimum atomic E-state index is -0.276. The molecule has 0 bridgehead atoms. The van der Waals surface area contributed by atoms with E-state index < -0.39 is 0 Å². The molecule has 8 nitrogen and oxygen atoms in total. The van der Waals surface area contributed by atoms with Gasteiger partial charge in [-0.25, -0.2) is 4.98 Å². The second kappa shape index (κ2) is 17.6. The van der Waals surface area contributed by atoms with E-state index in [1.807, 2.05) is 77.5 Å². The van der Waals surface area contributed by atoms with Crippen LogP contribution in [-0.4, -0.2) is 23.3 Å². The Hall–Kier alpha value is -9.36. The maximum absolute atomic E-state index is 9.16. The molecule has 0 unspecified atom stereocenters. The van der Waals surface area contributed by atoms with Gasteiger partial charge in [-0.2, -0.15) is 12.1 Å². The molecule has 10 aromatic carbocycles. The molecule has 5 aromatic heterocycles. The van der Waals surface area contributed by atoms with Crippen molar-refractivity contribution in [2.24, 2.45) is 14.1 Å². The van der Waals surface area contributed by atoms with Gasteiger partial charge in [0.05, 0.1) is 33.2 Å². The molecule has 0 saturated heterocycles. The summed E-state index contributed by atoms with van der Waals surface area (Å²) in [7, 11) is 4.34. The van der Waals surface area contributed by atoms with Crippen molar-refractivity contribution in [1.29, 1.82) is 0 Å². The van der Waals surface area contributed by atoms with Crippen molar-refractivity contribution in [3.05, 3.63) is 243 Å². The largest absolute Gasteiger partial charge is 0.509 e. The summed E-state index contributed by atoms with van der Waals surface area (Å²) < 4.78 is 51.0. The van der Waals surface area contributed by atoms with Crippen LogP contribution in [0.1, 0.15) is 11.0 Å². The Morgan fingerprint density at radius 1 is 0.500 bits per heavy atom. The van der Waals surface area contributed by atoms with Crippen molar-refractivity contribution < 1.29 is 31.3 Å². The summed E-state index contributed by atoms with van der Waals surface area (Å²) in [5.74, 6) is 1.71. The average molecular weight is 1190 g/mol. The number of para-hydroxylation sites is 6. The first-order chi connectivity index (χ1) is 39.6. The third-order valence-corrected chi connectivity index (χ3v) is 15.7. The predicted octanol–water partition coefficient (Wildman–Crippen LogP) is 17.3. The molecule has 0 fully saturated rings. The zero-order chi connectivity index (χ0) is 54.5. The number of ether oxygens (including phenoxy) is 1. The molecule has 1 aliphatic heterocycles. The minimum Gasteiger partial charge on any atom is -0.509 e. The van der Waals surface area contributed by atoms with Gasteiger partial charge in [0.15, 0.2) is 0 Å². The number of anilines is 4. The van der Waals surface area contributed by atoms with Crippen LogP contribution in [-0.2, 0) is 35.2 Å². The molecule has 1 aliphatic rings. The summed E-state index contributed by atoms with van der Waals surface area (Å²) >= 11 is 0. The van der Waals surface area contributed by atoms with Gasteiger partial charge in [-0.1, -0.05) is 121 Å². The van der Waals surface area contributed by atoms with Crippen molar-refractivity contribution in [2.75, 3.05) is 9.80 Å². The van der Waals surface area contributed by atoms with Gasteiger partial charge in [-0.05, 0) is 90.1 Å². The van der Waals surface area contributed by atoms with E-state index in [0.717, 1.165) is 88.9 Å². The van der Waals surface area contributed by atoms with Crippen LogP contribution in [0.2, 0.25) is 0 Å². The Labute approximate surface area is 469 Å². The molecular formula is C69H46N7OPt-3. The predicted molar refractivity (Wildman–Crippen MR) is 317 cm³/mol. The van der Waals surface area contributed by atoms with E-state index in [2.05, 4.69) is 185 Å². The second-order valence-corrected chi connectivity index (χ2v) is 19.9. The first-order valence-electron chi connectivity index (χ1n) is 27.7. The zero-order valence-corrected chi connectivity index (χ0v) is 44.7. The zero-order valence-electron chi connectivity index (χ0n) is 46.4. The van der Waals surface area contributed by atoms with Gasteiger partial charge in [0.25, 0.3) is 0 Å². The molecule has 0 radical (unpaired) electrons. The topological polar surface area (TPSA) is 48.3 Å². The molecule has 376 valence electrons. The molecule has 0 atom stereocenters. The van der Waals surface area contributed by atoms with Gasteiger partial charge < -0.3 is 32.8 Å². The molecule has 0 N–H and O–H groups in total. The standard InChI is InChI=1S/C69H46N7O.Pt/c1-43-36-66(70-41-57(43)44-18-5-4-6-19-44)76-62-35-32-46(75-60-28-13-9-22-49(60)50-23-10-14-29-61(50)75)38-54(62)53-34-33-48(39-65(53)76)77-47-21-17-20-45(37-47)73-42-74(64-31-16-15-30-63(64)73)69-67-55(51-24-7-11-26-58(51)71(67)2)40-56-52-25-8-12-27-59(52)72(3)68(56)69;/h4-36,38,40-42H,1-3H3;/q-3;/i9D,13D,22D,28D;. The van der Waals surface area contributed by atoms with Crippen LogP contribution in [0.15, 0.2) is 218 Å². The quantitative estimate of drug-likeness (QED) is 0.149. The van der Waals surface area contributed by atoms with Crippen LogP contribution in [0.25, 0.3) is 110 Å². The molecule has 0 amide bonds. The van der Waals surface area contributed by atoms with Gasteiger partial charge >= 0.3 is 0 Å². The van der Waals surface area contributed by atoms with E-state index in [1.165, 1.54) is 32.6 Å². The number of fused-ring (bicyclic) bond motifs is 13. The number of pyridine rings is 1. The number of aromatic nitrogens is 5. The van der Waals surface area contributed by atoms with Gasteiger partial charge in [-0.3, -0.25) is 0 Å². The molecule has 6 heterocycles. The first-order valence-corrected chi connectivity index (χ1v) is 25.7. The number of aryl methyl sites for hydroxylation is 3. The molecule has 9 heteroatoms. The fourth-order valence-electron chi connectivity index (χ4n) is 12.3. The van der Waals surface area contributed by atoms with Gasteiger partial charge in [-0.15, -0.1) is 48.1 Å². The van der Waals surface area contributed by atoms with E-state index in [9.17, 15) is 0 Å². The molecule has 15 aromatic rings. The van der Waals surface area contributed by atoms with E-state index in [1.54, 1.807) is 0 Å². The molecule has 0 spiro atoms. The maximum atomic E-state index is 9.16. The van der Waals surface area contributed by atoms with Crippen LogP contribution >= 0.6 is 0 Å². The average Bonchev–Trinajstić information content (AvgIpc) is 4.22. The Bertz CT molecular complexity index is 5100. The van der Waals surface area contributed by atoms with E-state index >= 15 is 0 Å². The van der Waals surface area contributed by atoms with Crippen molar-refractivity contribution in [2.45, 2.75) is 6.92 Å². The number of hydrogen-bond acceptors (Lipinski definition) is 4. The summed E-state index contributed by atoms with van der Waals surface area (Å²) in [6, 6.07) is 71.1. The van der Waals surface area contributed by atoms with Crippen molar-refractivity contribution in [1.82, 2.24) is 23.3 Å². The summed E-state index contributed by atoms with van der Waals surface area (Å²) in [5, 5.41) is 7.85. The third-order valence-electron chi connectivity index (χ3n) is 15.7. The van der Waals surface area contributed by atoms with Gasteiger partial charge in [0, 0.05) is 124 Å². The van der Waals surface area contributed by atoms with Crippen molar-refractivity contribution in [3.8, 4) is 34.1 Å². The Balaban J connectivity index is 0.00000576. The number of hydrogen-bond donors (Lipinski definition) is 0. The van der Waals surface area contributed by atoms with E-state index in [0.29, 0.717) is 28.2 Å². The number of nitrogens with zero attached hydrogens (tertiary/aromatic N) is 7. The number of benzene rings is 10. The summed E-state index contributed by atoms with van der Waals surface area (Å²) in [6.45, 7) is 4.29. The Morgan fingerprint density at radius 2 is 1.13 bits per heavy atom. The molecule has 16 rings (SSSR count). The van der Waals surface area contributed by atoms with Crippen LogP contribution in [0.5, 0.6) is 11.5 Å². The van der Waals surface area contributed by atoms with Crippen LogP contribution in [0.4, 0.5) is 22.7 Å². The third kappa shape index (κ3) is 6.72. The smallest absolute Gasteiger partial charge is 0.135 e. The minimum absolute atomic E-state index is 0. The van der Waals surface area contributed by atoms with Gasteiger partial charge in [0.1, 0.15) is 5.82 Å².